The molecule has 0 bridgehead atoms. The number of fused-ring (bicyclic) bond motifs is 1. The van der Waals surface area contributed by atoms with Gasteiger partial charge in [-0.15, -0.1) is 0 Å². The van der Waals surface area contributed by atoms with E-state index in [9.17, 15) is 9.59 Å². The molecule has 1 amide bonds. The molecule has 1 aromatic carbocycles. The van der Waals surface area contributed by atoms with Crippen LogP contribution in [-0.4, -0.2) is 60.7 Å². The van der Waals surface area contributed by atoms with Crippen molar-refractivity contribution in [1.29, 1.82) is 0 Å². The largest absolute Gasteiger partial charge is 0.494 e. The fourth-order valence-corrected chi connectivity index (χ4v) is 3.60. The molecule has 3 heterocycles. The van der Waals surface area contributed by atoms with Crippen LogP contribution in [0.1, 0.15) is 24.5 Å². The van der Waals surface area contributed by atoms with Gasteiger partial charge in [-0.25, -0.2) is 15.0 Å². The van der Waals surface area contributed by atoms with Gasteiger partial charge in [0.05, 0.1) is 44.6 Å². The summed E-state index contributed by atoms with van der Waals surface area (Å²) in [4.78, 5) is 36.8. The Balaban J connectivity index is 1.59. The first kappa shape index (κ1) is 23.3. The van der Waals surface area contributed by atoms with Crippen LogP contribution in [0.15, 0.2) is 36.8 Å². The second kappa shape index (κ2) is 10.9. The summed E-state index contributed by atoms with van der Waals surface area (Å²) in [6.45, 7) is 2.23. The fraction of sp³-hybridized carbons (Fsp3) is 0.348. The van der Waals surface area contributed by atoms with E-state index in [1.165, 1.54) is 20.5 Å². The number of amides is 1. The predicted molar refractivity (Wildman–Crippen MR) is 125 cm³/mol. The van der Waals surface area contributed by atoms with Gasteiger partial charge < -0.3 is 30.2 Å². The summed E-state index contributed by atoms with van der Waals surface area (Å²) in [5, 5.41) is 10.0. The second-order valence-electron chi connectivity index (χ2n) is 7.58. The van der Waals surface area contributed by atoms with Gasteiger partial charge >= 0.3 is 5.97 Å². The molecule has 0 radical (unpaired) electrons. The van der Waals surface area contributed by atoms with E-state index < -0.39 is 5.97 Å². The second-order valence-corrected chi connectivity index (χ2v) is 7.58. The minimum atomic E-state index is -0.454. The number of hydrogen-bond acceptors (Lipinski definition) is 10. The molecule has 1 atom stereocenters. The molecule has 178 valence electrons. The van der Waals surface area contributed by atoms with E-state index in [2.05, 4.69) is 35.6 Å². The quantitative estimate of drug-likeness (QED) is 0.424. The molecule has 0 aliphatic carbocycles. The van der Waals surface area contributed by atoms with Gasteiger partial charge in [0.2, 0.25) is 5.91 Å². The summed E-state index contributed by atoms with van der Waals surface area (Å²) in [6.07, 6.45) is 3.08. The van der Waals surface area contributed by atoms with Crippen LogP contribution in [0.4, 0.5) is 17.3 Å². The third-order valence-corrected chi connectivity index (χ3v) is 5.34. The number of carbonyl (C=O) groups is 2. The average molecular weight is 466 g/mol. The first-order chi connectivity index (χ1) is 16.6. The maximum atomic E-state index is 12.4. The summed E-state index contributed by atoms with van der Waals surface area (Å²) in [7, 11) is 2.79. The number of methoxy groups -OCH3 is 2. The number of esters is 1. The van der Waals surface area contributed by atoms with Gasteiger partial charge in [0, 0.05) is 37.2 Å². The molecule has 4 rings (SSSR count). The minimum absolute atomic E-state index is 0.0148. The van der Waals surface area contributed by atoms with E-state index in [1.807, 2.05) is 12.1 Å². The Morgan fingerprint density at radius 2 is 2.06 bits per heavy atom. The van der Waals surface area contributed by atoms with E-state index in [0.717, 1.165) is 18.7 Å². The lowest BCUT2D eigenvalue weighted by Gasteiger charge is -2.24. The van der Waals surface area contributed by atoms with Crippen LogP contribution in [0.2, 0.25) is 0 Å². The standard InChI is InChI=1S/C23H26N6O5/c1-32-18-11-16-15(10-17(18)28-21(30)3-4-22(31)33-2)23(27-13-26-16)29-20-9-14(5-6-25-20)19-12-24-7-8-34-19/h5-6,9-11,13,19,24H,3-4,7-8,12H2,1-2H3,(H,28,30)(H,25,26,27,29). The van der Waals surface area contributed by atoms with Gasteiger partial charge in [-0.05, 0) is 23.8 Å². The highest BCUT2D eigenvalue weighted by atomic mass is 16.5. The lowest BCUT2D eigenvalue weighted by atomic mass is 10.1. The highest BCUT2D eigenvalue weighted by Gasteiger charge is 2.17. The number of morpholine rings is 1. The number of nitrogens with one attached hydrogen (secondary N) is 3. The van der Waals surface area contributed by atoms with Gasteiger partial charge in [-0.1, -0.05) is 0 Å². The van der Waals surface area contributed by atoms with Crippen LogP contribution in [0, 0.1) is 0 Å². The first-order valence-corrected chi connectivity index (χ1v) is 10.8. The molecule has 1 unspecified atom stereocenters. The van der Waals surface area contributed by atoms with Crippen molar-refractivity contribution in [2.45, 2.75) is 18.9 Å². The zero-order valence-corrected chi connectivity index (χ0v) is 19.0. The summed E-state index contributed by atoms with van der Waals surface area (Å²) >= 11 is 0. The number of carbonyl (C=O) groups excluding carboxylic acids is 2. The molecule has 1 aliphatic rings. The molecule has 1 aliphatic heterocycles. The van der Waals surface area contributed by atoms with Crippen molar-refractivity contribution < 1.29 is 23.8 Å². The highest BCUT2D eigenvalue weighted by Crippen LogP contribution is 2.33. The maximum absolute atomic E-state index is 12.4. The van der Waals surface area contributed by atoms with E-state index in [-0.39, 0.29) is 24.9 Å². The maximum Gasteiger partial charge on any atom is 0.306 e. The van der Waals surface area contributed by atoms with Crippen LogP contribution < -0.4 is 20.7 Å². The highest BCUT2D eigenvalue weighted by molar-refractivity contribution is 6.00. The molecule has 0 saturated carbocycles. The van der Waals surface area contributed by atoms with Crippen molar-refractivity contribution in [2.24, 2.45) is 0 Å². The molecule has 2 aromatic heterocycles. The molecular formula is C23H26N6O5. The van der Waals surface area contributed by atoms with Crippen LogP contribution in [0.25, 0.3) is 10.9 Å². The normalized spacial score (nSPS) is 15.5. The molecule has 3 N–H and O–H groups in total. The summed E-state index contributed by atoms with van der Waals surface area (Å²) < 4.78 is 15.8. The summed E-state index contributed by atoms with van der Waals surface area (Å²) in [6, 6.07) is 7.28. The van der Waals surface area contributed by atoms with E-state index in [4.69, 9.17) is 9.47 Å². The molecular weight excluding hydrogens is 440 g/mol. The zero-order valence-electron chi connectivity index (χ0n) is 19.0. The SMILES string of the molecule is COC(=O)CCC(=O)Nc1cc2c(Nc3cc(C4CNCCO4)ccn3)ncnc2cc1OC. The van der Waals surface area contributed by atoms with Crippen molar-refractivity contribution in [3.63, 3.8) is 0 Å². The monoisotopic (exact) mass is 466 g/mol. The third-order valence-electron chi connectivity index (χ3n) is 5.34. The van der Waals surface area contributed by atoms with Crippen molar-refractivity contribution in [3.05, 3.63) is 42.4 Å². The Kier molecular flexibility index (Phi) is 7.45. The minimum Gasteiger partial charge on any atom is -0.494 e. The van der Waals surface area contributed by atoms with Crippen molar-refractivity contribution in [2.75, 3.05) is 44.5 Å². The number of rotatable bonds is 8. The summed E-state index contributed by atoms with van der Waals surface area (Å²) in [5.74, 6) is 0.761. The zero-order chi connectivity index (χ0) is 23.9. The molecule has 3 aromatic rings. The van der Waals surface area contributed by atoms with Gasteiger partial charge in [0.15, 0.2) is 0 Å². The topological polar surface area (TPSA) is 137 Å². The third kappa shape index (κ3) is 5.56. The van der Waals surface area contributed by atoms with Gasteiger partial charge in [0.25, 0.3) is 0 Å². The molecule has 0 spiro atoms. The van der Waals surface area contributed by atoms with Crippen molar-refractivity contribution in [3.8, 4) is 5.75 Å². The summed E-state index contributed by atoms with van der Waals surface area (Å²) in [5.41, 5.74) is 2.06. The Morgan fingerprint density at radius 1 is 1.18 bits per heavy atom. The fourth-order valence-electron chi connectivity index (χ4n) is 3.60. The van der Waals surface area contributed by atoms with Crippen LogP contribution >= 0.6 is 0 Å². The molecule has 11 heteroatoms. The Labute approximate surface area is 196 Å². The van der Waals surface area contributed by atoms with Gasteiger partial charge in [-0.2, -0.15) is 0 Å². The Hall–Kier alpha value is -3.83. The molecule has 11 nitrogen and oxygen atoms in total. The first-order valence-electron chi connectivity index (χ1n) is 10.8. The van der Waals surface area contributed by atoms with Crippen LogP contribution in [0.3, 0.4) is 0 Å². The Bertz CT molecular complexity index is 1180. The van der Waals surface area contributed by atoms with Crippen molar-refractivity contribution in [1.82, 2.24) is 20.3 Å². The van der Waals surface area contributed by atoms with Crippen molar-refractivity contribution >= 4 is 40.1 Å². The molecule has 34 heavy (non-hydrogen) atoms. The van der Waals surface area contributed by atoms with Crippen LogP contribution in [-0.2, 0) is 19.1 Å². The molecule has 1 fully saturated rings. The lowest BCUT2D eigenvalue weighted by molar-refractivity contribution is -0.141. The number of ether oxygens (including phenoxy) is 3. The van der Waals surface area contributed by atoms with Crippen LogP contribution in [0.5, 0.6) is 5.75 Å². The smallest absolute Gasteiger partial charge is 0.306 e. The number of nitrogens with zero attached hydrogens (tertiary/aromatic N) is 3. The predicted octanol–water partition coefficient (Wildman–Crippen LogP) is 2.33. The van der Waals surface area contributed by atoms with E-state index >= 15 is 0 Å². The van der Waals surface area contributed by atoms with E-state index in [0.29, 0.717) is 40.6 Å². The number of benzene rings is 1. The molecule has 1 saturated heterocycles. The Morgan fingerprint density at radius 3 is 2.82 bits per heavy atom. The number of anilines is 3. The number of hydrogen-bond donors (Lipinski definition) is 3. The number of aromatic nitrogens is 3. The lowest BCUT2D eigenvalue weighted by Crippen LogP contribution is -2.33. The average Bonchev–Trinajstić information content (AvgIpc) is 2.88. The van der Waals surface area contributed by atoms with Gasteiger partial charge in [-0.3, -0.25) is 9.59 Å². The van der Waals surface area contributed by atoms with E-state index in [1.54, 1.807) is 18.3 Å². The van der Waals surface area contributed by atoms with Gasteiger partial charge in [0.1, 0.15) is 23.7 Å². The number of pyridine rings is 1.